The summed E-state index contributed by atoms with van der Waals surface area (Å²) in [4.78, 5) is 10.9. The Kier molecular flexibility index (Phi) is 4.73. The predicted octanol–water partition coefficient (Wildman–Crippen LogP) is 2.92. The molecule has 88 valence electrons. The Hall–Kier alpha value is -1.10. The van der Waals surface area contributed by atoms with E-state index in [0.29, 0.717) is 4.47 Å². The maximum atomic E-state index is 13.4. The molecule has 0 amide bonds. The number of methoxy groups -OCH3 is 1. The SMILES string of the molecule is COC(=O)CC(C)Oc1ccc(Br)cc1F. The molecule has 0 N–H and O–H groups in total. The Balaban J connectivity index is 2.62. The molecule has 5 heteroatoms. The van der Waals surface area contributed by atoms with Crippen LogP contribution >= 0.6 is 15.9 Å². The normalized spacial score (nSPS) is 12.0. The number of hydrogen-bond acceptors (Lipinski definition) is 3. The predicted molar refractivity (Wildman–Crippen MR) is 60.8 cm³/mol. The summed E-state index contributed by atoms with van der Waals surface area (Å²) in [6.07, 6.45) is -0.338. The molecule has 1 unspecified atom stereocenters. The average molecular weight is 291 g/mol. The monoisotopic (exact) mass is 290 g/mol. The number of carbonyl (C=O) groups excluding carboxylic acids is 1. The number of ether oxygens (including phenoxy) is 2. The third-order valence-corrected chi connectivity index (χ3v) is 2.40. The fourth-order valence-electron chi connectivity index (χ4n) is 1.15. The Labute approximate surface area is 102 Å². The maximum absolute atomic E-state index is 13.4. The van der Waals surface area contributed by atoms with Crippen LogP contribution in [0.25, 0.3) is 0 Å². The highest BCUT2D eigenvalue weighted by Crippen LogP contribution is 2.22. The number of hydrogen-bond donors (Lipinski definition) is 0. The summed E-state index contributed by atoms with van der Waals surface area (Å²) in [6, 6.07) is 4.48. The van der Waals surface area contributed by atoms with Gasteiger partial charge in [0.1, 0.15) is 6.10 Å². The highest BCUT2D eigenvalue weighted by atomic mass is 79.9. The molecule has 0 radical (unpaired) electrons. The van der Waals surface area contributed by atoms with Crippen LogP contribution in [0, 0.1) is 5.82 Å². The van der Waals surface area contributed by atoms with Gasteiger partial charge in [-0.3, -0.25) is 4.79 Å². The molecular formula is C11H12BrFO3. The van der Waals surface area contributed by atoms with Crippen molar-refractivity contribution in [2.24, 2.45) is 0 Å². The van der Waals surface area contributed by atoms with Crippen molar-refractivity contribution in [3.63, 3.8) is 0 Å². The zero-order valence-corrected chi connectivity index (χ0v) is 10.6. The van der Waals surface area contributed by atoms with Crippen LogP contribution in [0.15, 0.2) is 22.7 Å². The van der Waals surface area contributed by atoms with Crippen LogP contribution in [0.2, 0.25) is 0 Å². The molecule has 0 fully saturated rings. The van der Waals surface area contributed by atoms with E-state index in [0.717, 1.165) is 0 Å². The highest BCUT2D eigenvalue weighted by molar-refractivity contribution is 9.10. The first-order valence-corrected chi connectivity index (χ1v) is 5.50. The topological polar surface area (TPSA) is 35.5 Å². The van der Waals surface area contributed by atoms with Gasteiger partial charge in [-0.1, -0.05) is 15.9 Å². The molecule has 0 bridgehead atoms. The van der Waals surface area contributed by atoms with Crippen LogP contribution in [0.3, 0.4) is 0 Å². The van der Waals surface area contributed by atoms with E-state index in [-0.39, 0.29) is 18.1 Å². The summed E-state index contributed by atoms with van der Waals surface area (Å²) < 4.78 is 23.8. The van der Waals surface area contributed by atoms with Gasteiger partial charge in [0.25, 0.3) is 0 Å². The average Bonchev–Trinajstić information content (AvgIpc) is 2.22. The van der Waals surface area contributed by atoms with Gasteiger partial charge in [-0.15, -0.1) is 0 Å². The molecule has 0 spiro atoms. The van der Waals surface area contributed by atoms with Gasteiger partial charge in [-0.2, -0.15) is 0 Å². The number of benzene rings is 1. The second-order valence-electron chi connectivity index (χ2n) is 3.28. The van der Waals surface area contributed by atoms with E-state index in [1.54, 1.807) is 13.0 Å². The Morgan fingerprint density at radius 2 is 2.25 bits per heavy atom. The van der Waals surface area contributed by atoms with Gasteiger partial charge in [0.15, 0.2) is 11.6 Å². The first-order valence-electron chi connectivity index (χ1n) is 4.71. The standard InChI is InChI=1S/C11H12BrFO3/c1-7(5-11(14)15-2)16-10-4-3-8(12)6-9(10)13/h3-4,6-7H,5H2,1-2H3. The van der Waals surface area contributed by atoms with E-state index < -0.39 is 11.9 Å². The van der Waals surface area contributed by atoms with E-state index >= 15 is 0 Å². The summed E-state index contributed by atoms with van der Waals surface area (Å²) in [7, 11) is 1.30. The summed E-state index contributed by atoms with van der Waals surface area (Å²) in [5.41, 5.74) is 0. The molecular weight excluding hydrogens is 279 g/mol. The minimum atomic E-state index is -0.467. The number of halogens is 2. The van der Waals surface area contributed by atoms with E-state index in [2.05, 4.69) is 20.7 Å². The third kappa shape index (κ3) is 3.81. The van der Waals surface area contributed by atoms with Crippen LogP contribution in [-0.2, 0) is 9.53 Å². The third-order valence-electron chi connectivity index (χ3n) is 1.90. The van der Waals surface area contributed by atoms with Gasteiger partial charge >= 0.3 is 5.97 Å². The largest absolute Gasteiger partial charge is 0.487 e. The maximum Gasteiger partial charge on any atom is 0.309 e. The smallest absolute Gasteiger partial charge is 0.309 e. The zero-order valence-electron chi connectivity index (χ0n) is 9.00. The van der Waals surface area contributed by atoms with Crippen molar-refractivity contribution in [3.05, 3.63) is 28.5 Å². The summed E-state index contributed by atoms with van der Waals surface area (Å²) in [5, 5.41) is 0. The van der Waals surface area contributed by atoms with Crippen molar-refractivity contribution in [3.8, 4) is 5.75 Å². The lowest BCUT2D eigenvalue weighted by atomic mass is 10.2. The molecule has 0 aliphatic carbocycles. The van der Waals surface area contributed by atoms with E-state index in [1.165, 1.54) is 19.2 Å². The summed E-state index contributed by atoms with van der Waals surface area (Å²) in [5.74, 6) is -0.726. The molecule has 0 saturated carbocycles. The van der Waals surface area contributed by atoms with Gasteiger partial charge in [0.05, 0.1) is 13.5 Å². The molecule has 1 aromatic carbocycles. The lowest BCUT2D eigenvalue weighted by molar-refractivity contribution is -0.142. The van der Waals surface area contributed by atoms with Crippen molar-refractivity contribution in [1.29, 1.82) is 0 Å². The fourth-order valence-corrected chi connectivity index (χ4v) is 1.48. The summed E-state index contributed by atoms with van der Waals surface area (Å²) in [6.45, 7) is 1.68. The minimum absolute atomic E-state index is 0.0893. The first-order chi connectivity index (χ1) is 7.52. The number of carbonyl (C=O) groups is 1. The molecule has 0 aromatic heterocycles. The van der Waals surface area contributed by atoms with E-state index in [9.17, 15) is 9.18 Å². The molecule has 16 heavy (non-hydrogen) atoms. The number of rotatable bonds is 4. The van der Waals surface area contributed by atoms with Crippen LogP contribution in [0.5, 0.6) is 5.75 Å². The second kappa shape index (κ2) is 5.84. The van der Waals surface area contributed by atoms with Gasteiger partial charge in [-0.25, -0.2) is 4.39 Å². The van der Waals surface area contributed by atoms with Crippen LogP contribution in [-0.4, -0.2) is 19.2 Å². The van der Waals surface area contributed by atoms with E-state index in [1.807, 2.05) is 0 Å². The van der Waals surface area contributed by atoms with Gasteiger partial charge < -0.3 is 9.47 Å². The van der Waals surface area contributed by atoms with E-state index in [4.69, 9.17) is 4.74 Å². The quantitative estimate of drug-likeness (QED) is 0.800. The van der Waals surface area contributed by atoms with Gasteiger partial charge in [0.2, 0.25) is 0 Å². The highest BCUT2D eigenvalue weighted by Gasteiger charge is 2.13. The second-order valence-corrected chi connectivity index (χ2v) is 4.20. The Morgan fingerprint density at radius 1 is 1.56 bits per heavy atom. The van der Waals surface area contributed by atoms with Gasteiger partial charge in [0, 0.05) is 4.47 Å². The molecule has 1 atom stereocenters. The van der Waals surface area contributed by atoms with Crippen molar-refractivity contribution in [2.45, 2.75) is 19.4 Å². The van der Waals surface area contributed by atoms with Crippen LogP contribution in [0.1, 0.15) is 13.3 Å². The van der Waals surface area contributed by atoms with Gasteiger partial charge in [-0.05, 0) is 25.1 Å². The van der Waals surface area contributed by atoms with Crippen molar-refractivity contribution < 1.29 is 18.7 Å². The molecule has 1 rings (SSSR count). The molecule has 0 aliphatic rings. The summed E-state index contributed by atoms with van der Waals surface area (Å²) >= 11 is 3.14. The molecule has 0 heterocycles. The fraction of sp³-hybridized carbons (Fsp3) is 0.364. The minimum Gasteiger partial charge on any atom is -0.487 e. The molecule has 0 saturated heterocycles. The lowest BCUT2D eigenvalue weighted by Gasteiger charge is -2.14. The number of esters is 1. The van der Waals surface area contributed by atoms with Crippen molar-refractivity contribution in [1.82, 2.24) is 0 Å². The Morgan fingerprint density at radius 3 is 2.81 bits per heavy atom. The molecule has 1 aromatic rings. The lowest BCUT2D eigenvalue weighted by Crippen LogP contribution is -2.18. The molecule has 3 nitrogen and oxygen atoms in total. The van der Waals surface area contributed by atoms with Crippen LogP contribution in [0.4, 0.5) is 4.39 Å². The van der Waals surface area contributed by atoms with Crippen molar-refractivity contribution >= 4 is 21.9 Å². The van der Waals surface area contributed by atoms with Crippen molar-refractivity contribution in [2.75, 3.05) is 7.11 Å². The first kappa shape index (κ1) is 13.0. The van der Waals surface area contributed by atoms with Crippen LogP contribution < -0.4 is 4.74 Å². The zero-order chi connectivity index (χ0) is 12.1. The molecule has 0 aliphatic heterocycles. The Bertz CT molecular complexity index is 381.